The Morgan fingerprint density at radius 1 is 1.39 bits per heavy atom. The second kappa shape index (κ2) is 9.89. The SMILES string of the molecule is CCC=C[C@H](CC)C[C@@]1(CC)C=C(CC)[C@@H](CC(=O)OC)OO1. The maximum Gasteiger partial charge on any atom is 0.308 e. The third kappa shape index (κ3) is 5.78. The second-order valence-electron chi connectivity index (χ2n) is 6.15. The van der Waals surface area contributed by atoms with Crippen LogP contribution in [-0.2, 0) is 19.3 Å². The maximum atomic E-state index is 11.5. The van der Waals surface area contributed by atoms with Gasteiger partial charge in [-0.25, -0.2) is 9.78 Å². The molecule has 23 heavy (non-hydrogen) atoms. The molecule has 0 fully saturated rings. The summed E-state index contributed by atoms with van der Waals surface area (Å²) < 4.78 is 4.74. The average molecular weight is 324 g/mol. The first-order valence-electron chi connectivity index (χ1n) is 8.83. The standard InChI is InChI=1S/C19H32O4/c1-6-10-11-15(7-2)13-19(9-4)14-16(8-3)17(22-23-19)12-18(20)21-5/h10-11,14-15,17H,6-9,12-13H2,1-5H3/t15-,17+,19-/m0/s1. The fraction of sp³-hybridized carbons (Fsp3) is 0.737. The first kappa shape index (κ1) is 19.9. The Bertz CT molecular complexity index is 427. The van der Waals surface area contributed by atoms with E-state index in [4.69, 9.17) is 14.5 Å². The lowest BCUT2D eigenvalue weighted by Gasteiger charge is -2.38. The van der Waals surface area contributed by atoms with Crippen molar-refractivity contribution in [3.8, 4) is 0 Å². The van der Waals surface area contributed by atoms with Gasteiger partial charge in [-0.05, 0) is 49.7 Å². The molecule has 3 atom stereocenters. The normalized spacial score (nSPS) is 26.1. The van der Waals surface area contributed by atoms with Crippen molar-refractivity contribution in [1.82, 2.24) is 0 Å². The van der Waals surface area contributed by atoms with E-state index >= 15 is 0 Å². The van der Waals surface area contributed by atoms with E-state index < -0.39 is 5.60 Å². The zero-order chi connectivity index (χ0) is 17.3. The third-order valence-electron chi connectivity index (χ3n) is 4.55. The summed E-state index contributed by atoms with van der Waals surface area (Å²) in [5.41, 5.74) is 0.717. The number of hydrogen-bond donors (Lipinski definition) is 0. The van der Waals surface area contributed by atoms with Crippen molar-refractivity contribution >= 4 is 5.97 Å². The van der Waals surface area contributed by atoms with Crippen molar-refractivity contribution in [2.45, 2.75) is 77.9 Å². The molecule has 0 N–H and O–H groups in total. The van der Waals surface area contributed by atoms with E-state index in [0.29, 0.717) is 5.92 Å². The van der Waals surface area contributed by atoms with Crippen molar-refractivity contribution in [3.05, 3.63) is 23.8 Å². The minimum Gasteiger partial charge on any atom is -0.469 e. The molecule has 4 heteroatoms. The lowest BCUT2D eigenvalue weighted by Crippen LogP contribution is -2.40. The number of esters is 1. The maximum absolute atomic E-state index is 11.5. The highest BCUT2D eigenvalue weighted by molar-refractivity contribution is 5.70. The highest BCUT2D eigenvalue weighted by Gasteiger charge is 2.37. The lowest BCUT2D eigenvalue weighted by molar-refractivity contribution is -0.378. The summed E-state index contributed by atoms with van der Waals surface area (Å²) in [6, 6.07) is 0. The fourth-order valence-electron chi connectivity index (χ4n) is 2.92. The molecule has 0 unspecified atom stereocenters. The van der Waals surface area contributed by atoms with Crippen LogP contribution < -0.4 is 0 Å². The molecule has 0 radical (unpaired) electrons. The Hall–Kier alpha value is -1.13. The van der Waals surface area contributed by atoms with Crippen LogP contribution in [0.15, 0.2) is 23.8 Å². The summed E-state index contributed by atoms with van der Waals surface area (Å²) in [7, 11) is 1.39. The predicted octanol–water partition coefficient (Wildman–Crippen LogP) is 4.75. The summed E-state index contributed by atoms with van der Waals surface area (Å²) >= 11 is 0. The van der Waals surface area contributed by atoms with Gasteiger partial charge in [0.1, 0.15) is 11.7 Å². The smallest absolute Gasteiger partial charge is 0.308 e. The molecule has 132 valence electrons. The van der Waals surface area contributed by atoms with Gasteiger partial charge in [-0.2, -0.15) is 0 Å². The number of methoxy groups -OCH3 is 1. The van der Waals surface area contributed by atoms with Crippen molar-refractivity contribution in [2.24, 2.45) is 5.92 Å². The van der Waals surface area contributed by atoms with E-state index in [0.717, 1.165) is 37.7 Å². The van der Waals surface area contributed by atoms with Gasteiger partial charge in [0.25, 0.3) is 0 Å². The lowest BCUT2D eigenvalue weighted by atomic mass is 9.83. The van der Waals surface area contributed by atoms with Crippen molar-refractivity contribution in [2.75, 3.05) is 7.11 Å². The van der Waals surface area contributed by atoms with Crippen LogP contribution in [0.5, 0.6) is 0 Å². The van der Waals surface area contributed by atoms with Crippen molar-refractivity contribution in [1.29, 1.82) is 0 Å². The van der Waals surface area contributed by atoms with E-state index in [2.05, 4.69) is 45.9 Å². The number of rotatable bonds is 9. The van der Waals surface area contributed by atoms with Gasteiger partial charge in [0.05, 0.1) is 13.5 Å². The van der Waals surface area contributed by atoms with Gasteiger partial charge in [-0.3, -0.25) is 4.79 Å². The molecule has 1 rings (SSSR count). The molecular formula is C19H32O4. The van der Waals surface area contributed by atoms with Crippen molar-refractivity contribution < 1.29 is 19.3 Å². The van der Waals surface area contributed by atoms with Crippen LogP contribution in [0.3, 0.4) is 0 Å². The minimum atomic E-state index is -0.406. The van der Waals surface area contributed by atoms with Crippen LogP contribution in [0.4, 0.5) is 0 Å². The van der Waals surface area contributed by atoms with Gasteiger partial charge in [0, 0.05) is 0 Å². The van der Waals surface area contributed by atoms with Crippen LogP contribution in [-0.4, -0.2) is 24.8 Å². The zero-order valence-corrected chi connectivity index (χ0v) is 15.3. The number of carbonyl (C=O) groups excluding carboxylic acids is 1. The number of allylic oxidation sites excluding steroid dienone is 2. The van der Waals surface area contributed by atoms with Gasteiger partial charge in [-0.1, -0.05) is 39.8 Å². The Morgan fingerprint density at radius 2 is 2.13 bits per heavy atom. The summed E-state index contributed by atoms with van der Waals surface area (Å²) in [4.78, 5) is 22.9. The molecule has 0 aliphatic carbocycles. The Labute approximate surface area is 140 Å². The van der Waals surface area contributed by atoms with E-state index in [-0.39, 0.29) is 18.5 Å². The molecular weight excluding hydrogens is 292 g/mol. The predicted molar refractivity (Wildman–Crippen MR) is 91.8 cm³/mol. The first-order chi connectivity index (χ1) is 11.0. The molecule has 0 aromatic carbocycles. The molecule has 1 heterocycles. The molecule has 0 amide bonds. The molecule has 0 saturated carbocycles. The summed E-state index contributed by atoms with van der Waals surface area (Å²) in [5, 5.41) is 0. The molecule has 0 spiro atoms. The monoisotopic (exact) mass is 324 g/mol. The van der Waals surface area contributed by atoms with Gasteiger partial charge in [-0.15, -0.1) is 0 Å². The van der Waals surface area contributed by atoms with Gasteiger partial charge < -0.3 is 4.74 Å². The third-order valence-corrected chi connectivity index (χ3v) is 4.55. The highest BCUT2D eigenvalue weighted by Crippen LogP contribution is 2.36. The highest BCUT2D eigenvalue weighted by atomic mass is 17.2. The second-order valence-corrected chi connectivity index (χ2v) is 6.15. The number of ether oxygens (including phenoxy) is 1. The van der Waals surface area contributed by atoms with Gasteiger partial charge in [0.2, 0.25) is 0 Å². The molecule has 0 saturated heterocycles. The molecule has 0 aromatic heterocycles. The fourth-order valence-corrected chi connectivity index (χ4v) is 2.92. The average Bonchev–Trinajstić information content (AvgIpc) is 2.59. The first-order valence-corrected chi connectivity index (χ1v) is 8.83. The topological polar surface area (TPSA) is 44.8 Å². The van der Waals surface area contributed by atoms with Crippen LogP contribution in [0.2, 0.25) is 0 Å². The van der Waals surface area contributed by atoms with Crippen LogP contribution in [0.25, 0.3) is 0 Å². The number of hydrogen-bond acceptors (Lipinski definition) is 4. The number of carbonyl (C=O) groups is 1. The van der Waals surface area contributed by atoms with Crippen molar-refractivity contribution in [3.63, 3.8) is 0 Å². The molecule has 0 bridgehead atoms. The van der Waals surface area contributed by atoms with Crippen LogP contribution >= 0.6 is 0 Å². The van der Waals surface area contributed by atoms with Crippen LogP contribution in [0, 0.1) is 5.92 Å². The quantitative estimate of drug-likeness (QED) is 0.349. The Balaban J connectivity index is 2.92. The molecule has 0 aromatic rings. The Morgan fingerprint density at radius 3 is 2.65 bits per heavy atom. The Kier molecular flexibility index (Phi) is 8.56. The molecule has 1 aliphatic rings. The summed E-state index contributed by atoms with van der Waals surface area (Å²) in [6.45, 7) is 8.54. The van der Waals surface area contributed by atoms with E-state index in [1.807, 2.05) is 0 Å². The van der Waals surface area contributed by atoms with Gasteiger partial charge >= 0.3 is 5.97 Å². The summed E-state index contributed by atoms with van der Waals surface area (Å²) in [5.74, 6) is 0.185. The van der Waals surface area contributed by atoms with E-state index in [9.17, 15) is 4.79 Å². The van der Waals surface area contributed by atoms with Crippen LogP contribution in [0.1, 0.15) is 66.2 Å². The van der Waals surface area contributed by atoms with E-state index in [1.54, 1.807) is 0 Å². The molecule has 1 aliphatic heterocycles. The van der Waals surface area contributed by atoms with E-state index in [1.165, 1.54) is 7.11 Å². The largest absolute Gasteiger partial charge is 0.469 e. The minimum absolute atomic E-state index is 0.197. The summed E-state index contributed by atoms with van der Waals surface area (Å²) in [6.07, 6.45) is 11.2. The van der Waals surface area contributed by atoms with Gasteiger partial charge in [0.15, 0.2) is 0 Å². The zero-order valence-electron chi connectivity index (χ0n) is 15.3. The molecule has 4 nitrogen and oxygen atoms in total.